The Kier molecular flexibility index (Phi) is 5.22. The molecule has 1 unspecified atom stereocenters. The van der Waals surface area contributed by atoms with Crippen LogP contribution in [0, 0.1) is 19.8 Å². The van der Waals surface area contributed by atoms with Gasteiger partial charge in [0.05, 0.1) is 10.0 Å². The van der Waals surface area contributed by atoms with Gasteiger partial charge in [-0.3, -0.25) is 9.78 Å². The Morgan fingerprint density at radius 3 is 2.62 bits per heavy atom. The topological polar surface area (TPSA) is 94.1 Å². The van der Waals surface area contributed by atoms with E-state index in [1.54, 1.807) is 32.3 Å². The fraction of sp³-hybridized carbons (Fsp3) is 0.333. The fourth-order valence-corrected chi connectivity index (χ4v) is 3.16. The number of amides is 1. The van der Waals surface area contributed by atoms with Crippen LogP contribution in [0.4, 0.5) is 0 Å². The van der Waals surface area contributed by atoms with E-state index in [0.29, 0.717) is 33.3 Å². The summed E-state index contributed by atoms with van der Waals surface area (Å²) in [6.07, 6.45) is 3.33. The second kappa shape index (κ2) is 7.41. The van der Waals surface area contributed by atoms with Gasteiger partial charge in [0, 0.05) is 18.0 Å². The number of hydrogen-bond donors (Lipinski definition) is 1. The number of aromatic nitrogens is 3. The van der Waals surface area contributed by atoms with Gasteiger partial charge in [-0.05, 0) is 47.8 Å². The molecule has 0 saturated carbocycles. The van der Waals surface area contributed by atoms with Gasteiger partial charge in [-0.15, -0.1) is 0 Å². The van der Waals surface area contributed by atoms with Gasteiger partial charge in [0.15, 0.2) is 0 Å². The third-order valence-electron chi connectivity index (χ3n) is 3.99. The molecular formula is C18H19BrN4O3. The second-order valence-electron chi connectivity index (χ2n) is 6.30. The van der Waals surface area contributed by atoms with Crippen molar-refractivity contribution in [3.63, 3.8) is 0 Å². The first-order chi connectivity index (χ1) is 12.4. The van der Waals surface area contributed by atoms with Gasteiger partial charge in [0.25, 0.3) is 5.91 Å². The predicted octanol–water partition coefficient (Wildman–Crippen LogP) is 4.23. The molecule has 3 aromatic heterocycles. The van der Waals surface area contributed by atoms with Crippen molar-refractivity contribution in [3.05, 3.63) is 52.0 Å². The molecule has 3 aromatic rings. The fourth-order valence-electron chi connectivity index (χ4n) is 2.62. The van der Waals surface area contributed by atoms with E-state index in [9.17, 15) is 4.79 Å². The van der Waals surface area contributed by atoms with Gasteiger partial charge in [-0.1, -0.05) is 19.0 Å². The predicted molar refractivity (Wildman–Crippen MR) is 98.5 cm³/mol. The second-order valence-corrected chi connectivity index (χ2v) is 7.09. The third kappa shape index (κ3) is 3.55. The van der Waals surface area contributed by atoms with Crippen LogP contribution in [0.15, 0.2) is 37.9 Å². The Hall–Kier alpha value is -2.48. The molecule has 7 nitrogen and oxygen atoms in total. The lowest BCUT2D eigenvalue weighted by molar-refractivity contribution is 0.0911. The monoisotopic (exact) mass is 418 g/mol. The van der Waals surface area contributed by atoms with Crippen molar-refractivity contribution in [2.45, 2.75) is 33.7 Å². The highest BCUT2D eigenvalue weighted by atomic mass is 79.9. The van der Waals surface area contributed by atoms with E-state index in [1.165, 1.54) is 0 Å². The van der Waals surface area contributed by atoms with Gasteiger partial charge < -0.3 is 14.3 Å². The summed E-state index contributed by atoms with van der Waals surface area (Å²) in [7, 11) is 0. The summed E-state index contributed by atoms with van der Waals surface area (Å²) in [5.74, 6) is 1.78. The summed E-state index contributed by atoms with van der Waals surface area (Å²) in [5, 5.41) is 6.97. The van der Waals surface area contributed by atoms with Crippen LogP contribution in [0.3, 0.4) is 0 Å². The van der Waals surface area contributed by atoms with Crippen molar-refractivity contribution < 1.29 is 13.7 Å². The van der Waals surface area contributed by atoms with E-state index < -0.39 is 6.04 Å². The molecule has 1 N–H and O–H groups in total. The van der Waals surface area contributed by atoms with Crippen molar-refractivity contribution in [2.75, 3.05) is 0 Å². The Morgan fingerprint density at radius 2 is 2.04 bits per heavy atom. The average Bonchev–Trinajstić information content (AvgIpc) is 3.18. The van der Waals surface area contributed by atoms with E-state index in [2.05, 4.69) is 36.4 Å². The van der Waals surface area contributed by atoms with Crippen LogP contribution in [-0.2, 0) is 0 Å². The summed E-state index contributed by atoms with van der Waals surface area (Å²) in [4.78, 5) is 21.2. The van der Waals surface area contributed by atoms with Crippen LogP contribution in [0.25, 0.3) is 11.4 Å². The molecule has 0 radical (unpaired) electrons. The molecular weight excluding hydrogens is 400 g/mol. The number of pyridine rings is 1. The first-order valence-electron chi connectivity index (χ1n) is 8.18. The Balaban J connectivity index is 1.86. The zero-order valence-corrected chi connectivity index (χ0v) is 16.5. The molecule has 0 aliphatic heterocycles. The maximum Gasteiger partial charge on any atom is 0.256 e. The first-order valence-corrected chi connectivity index (χ1v) is 8.98. The Bertz CT molecular complexity index is 918. The van der Waals surface area contributed by atoms with E-state index in [0.717, 1.165) is 5.56 Å². The van der Waals surface area contributed by atoms with Crippen LogP contribution < -0.4 is 5.32 Å². The Labute approximate surface area is 159 Å². The van der Waals surface area contributed by atoms with Gasteiger partial charge in [-0.25, -0.2) is 0 Å². The zero-order valence-electron chi connectivity index (χ0n) is 14.9. The van der Waals surface area contributed by atoms with Crippen molar-refractivity contribution in [1.29, 1.82) is 0 Å². The largest absolute Gasteiger partial charge is 0.465 e. The molecule has 0 fully saturated rings. The maximum absolute atomic E-state index is 12.8. The van der Waals surface area contributed by atoms with Crippen molar-refractivity contribution >= 4 is 21.8 Å². The molecule has 0 aliphatic carbocycles. The molecule has 1 amide bonds. The van der Waals surface area contributed by atoms with Gasteiger partial charge >= 0.3 is 0 Å². The molecule has 8 heteroatoms. The minimum absolute atomic E-state index is 0.0493. The summed E-state index contributed by atoms with van der Waals surface area (Å²) in [6.45, 7) is 7.50. The number of rotatable bonds is 5. The first kappa shape index (κ1) is 18.3. The molecule has 0 spiro atoms. The third-order valence-corrected chi connectivity index (χ3v) is 4.95. The molecule has 1 atom stereocenters. The quantitative estimate of drug-likeness (QED) is 0.665. The highest BCUT2D eigenvalue weighted by Gasteiger charge is 2.28. The van der Waals surface area contributed by atoms with Gasteiger partial charge in [-0.2, -0.15) is 4.98 Å². The molecule has 26 heavy (non-hydrogen) atoms. The average molecular weight is 419 g/mol. The number of carbonyl (C=O) groups excluding carboxylic acids is 1. The van der Waals surface area contributed by atoms with Crippen LogP contribution in [0.2, 0.25) is 0 Å². The molecule has 0 saturated heterocycles. The molecule has 3 rings (SSSR count). The molecule has 0 bridgehead atoms. The zero-order chi connectivity index (χ0) is 18.8. The minimum atomic E-state index is -0.429. The van der Waals surface area contributed by atoms with Crippen LogP contribution in [0.5, 0.6) is 0 Å². The summed E-state index contributed by atoms with van der Waals surface area (Å²) in [5.41, 5.74) is 1.22. The van der Waals surface area contributed by atoms with Crippen LogP contribution >= 0.6 is 15.9 Å². The highest BCUT2D eigenvalue weighted by molar-refractivity contribution is 9.10. The molecule has 0 aromatic carbocycles. The smallest absolute Gasteiger partial charge is 0.256 e. The summed E-state index contributed by atoms with van der Waals surface area (Å²) in [6, 6.07) is 3.22. The Morgan fingerprint density at radius 1 is 1.27 bits per heavy atom. The number of aryl methyl sites for hydroxylation is 2. The van der Waals surface area contributed by atoms with Gasteiger partial charge in [0.1, 0.15) is 17.6 Å². The van der Waals surface area contributed by atoms with Crippen LogP contribution in [0.1, 0.15) is 47.7 Å². The SMILES string of the molecule is Cc1oc(C)c(C(=O)NC(c2nc(-c3cccnc3)no2)C(C)C)c1Br. The number of nitrogens with one attached hydrogen (secondary N) is 1. The van der Waals surface area contributed by atoms with Crippen molar-refractivity contribution in [1.82, 2.24) is 20.4 Å². The molecule has 136 valence electrons. The normalized spacial score (nSPS) is 12.4. The maximum atomic E-state index is 12.8. The van der Waals surface area contributed by atoms with E-state index in [1.807, 2.05) is 19.9 Å². The van der Waals surface area contributed by atoms with Crippen LogP contribution in [-0.4, -0.2) is 21.0 Å². The number of nitrogens with zero attached hydrogens (tertiary/aromatic N) is 3. The standard InChI is InChI=1S/C18H19BrN4O3/c1-9(2)15(21-17(24)13-10(3)25-11(4)14(13)19)18-22-16(23-26-18)12-6-5-7-20-8-12/h5-9,15H,1-4H3,(H,21,24). The lowest BCUT2D eigenvalue weighted by Crippen LogP contribution is -2.32. The molecule has 0 aliphatic rings. The van der Waals surface area contributed by atoms with Gasteiger partial charge in [0.2, 0.25) is 11.7 Å². The summed E-state index contributed by atoms with van der Waals surface area (Å²) >= 11 is 3.41. The summed E-state index contributed by atoms with van der Waals surface area (Å²) < 4.78 is 11.6. The number of halogens is 1. The number of furan rings is 1. The van der Waals surface area contributed by atoms with Crippen molar-refractivity contribution in [3.8, 4) is 11.4 Å². The molecule has 3 heterocycles. The number of hydrogen-bond acceptors (Lipinski definition) is 6. The van der Waals surface area contributed by atoms with E-state index >= 15 is 0 Å². The number of carbonyl (C=O) groups is 1. The minimum Gasteiger partial charge on any atom is -0.465 e. The highest BCUT2D eigenvalue weighted by Crippen LogP contribution is 2.29. The lowest BCUT2D eigenvalue weighted by Gasteiger charge is -2.18. The van der Waals surface area contributed by atoms with Crippen molar-refractivity contribution in [2.24, 2.45) is 5.92 Å². The van der Waals surface area contributed by atoms with E-state index in [-0.39, 0.29) is 11.8 Å². The van der Waals surface area contributed by atoms with E-state index in [4.69, 9.17) is 8.94 Å². The lowest BCUT2D eigenvalue weighted by atomic mass is 10.0.